The Morgan fingerprint density at radius 3 is 3.05 bits per heavy atom. The van der Waals surface area contributed by atoms with Crippen molar-refractivity contribution in [2.45, 2.75) is 25.9 Å². The predicted molar refractivity (Wildman–Crippen MR) is 79.0 cm³/mol. The maximum absolute atomic E-state index is 13.2. The molecule has 0 saturated carbocycles. The molecular weight excluding hydrogens is 327 g/mol. The Morgan fingerprint density at radius 1 is 1.60 bits per heavy atom. The van der Waals surface area contributed by atoms with Crippen LogP contribution in [0.5, 0.6) is 0 Å². The van der Waals surface area contributed by atoms with E-state index in [2.05, 4.69) is 28.2 Å². The minimum absolute atomic E-state index is 0.0333. The quantitative estimate of drug-likeness (QED) is 0.825. The van der Waals surface area contributed by atoms with Crippen LogP contribution in [0.15, 0.2) is 16.6 Å². The lowest BCUT2D eigenvalue weighted by molar-refractivity contribution is 0.0826. The third-order valence-corrected chi connectivity index (χ3v) is 4.26. The molecule has 1 amide bonds. The fourth-order valence-corrected chi connectivity index (χ4v) is 2.93. The van der Waals surface area contributed by atoms with Gasteiger partial charge < -0.3 is 15.8 Å². The summed E-state index contributed by atoms with van der Waals surface area (Å²) in [5.74, 6) is -0.463. The van der Waals surface area contributed by atoms with Gasteiger partial charge in [-0.1, -0.05) is 6.92 Å². The summed E-state index contributed by atoms with van der Waals surface area (Å²) in [5, 5.41) is 2.87. The van der Waals surface area contributed by atoms with Gasteiger partial charge in [0.05, 0.1) is 17.4 Å². The van der Waals surface area contributed by atoms with Gasteiger partial charge in [-0.05, 0) is 40.9 Å². The Morgan fingerprint density at radius 2 is 2.35 bits per heavy atom. The van der Waals surface area contributed by atoms with E-state index in [9.17, 15) is 9.18 Å². The van der Waals surface area contributed by atoms with Crippen molar-refractivity contribution in [1.82, 2.24) is 5.32 Å². The average Bonchev–Trinajstić information content (AvgIpc) is 2.87. The Kier molecular flexibility index (Phi) is 4.99. The zero-order chi connectivity index (χ0) is 14.7. The Bertz CT molecular complexity index is 510. The molecule has 0 aromatic heterocycles. The molecule has 1 aliphatic rings. The lowest BCUT2D eigenvalue weighted by Gasteiger charge is -2.17. The number of nitrogens with two attached hydrogens (primary N) is 1. The van der Waals surface area contributed by atoms with E-state index < -0.39 is 5.82 Å². The van der Waals surface area contributed by atoms with Crippen molar-refractivity contribution >= 4 is 27.5 Å². The van der Waals surface area contributed by atoms with Crippen molar-refractivity contribution in [3.8, 4) is 0 Å². The van der Waals surface area contributed by atoms with Gasteiger partial charge in [-0.15, -0.1) is 0 Å². The number of anilines is 1. The van der Waals surface area contributed by atoms with Gasteiger partial charge in [0.2, 0.25) is 0 Å². The Balaban J connectivity index is 2.00. The minimum Gasteiger partial charge on any atom is -0.396 e. The molecule has 1 fully saturated rings. The van der Waals surface area contributed by atoms with Crippen LogP contribution in [0.25, 0.3) is 0 Å². The van der Waals surface area contributed by atoms with E-state index in [1.807, 2.05) is 0 Å². The van der Waals surface area contributed by atoms with Crippen molar-refractivity contribution in [1.29, 1.82) is 0 Å². The summed E-state index contributed by atoms with van der Waals surface area (Å²) < 4.78 is 19.2. The summed E-state index contributed by atoms with van der Waals surface area (Å²) in [4.78, 5) is 12.1. The number of ether oxygens (including phenoxy) is 1. The van der Waals surface area contributed by atoms with E-state index >= 15 is 0 Å². The molecule has 2 rings (SSSR count). The molecular formula is C14H18BrFN2O2. The summed E-state index contributed by atoms with van der Waals surface area (Å²) in [5.41, 5.74) is 5.80. The zero-order valence-electron chi connectivity index (χ0n) is 11.3. The van der Waals surface area contributed by atoms with E-state index in [0.717, 1.165) is 19.4 Å². The number of carbonyl (C=O) groups excluding carboxylic acids is 1. The summed E-state index contributed by atoms with van der Waals surface area (Å²) >= 11 is 3.18. The second-order valence-electron chi connectivity index (χ2n) is 4.93. The topological polar surface area (TPSA) is 64.3 Å². The van der Waals surface area contributed by atoms with Gasteiger partial charge in [0.25, 0.3) is 5.91 Å². The van der Waals surface area contributed by atoms with Gasteiger partial charge in [0.15, 0.2) is 0 Å². The number of hydrogen-bond donors (Lipinski definition) is 2. The highest BCUT2D eigenvalue weighted by atomic mass is 79.9. The monoisotopic (exact) mass is 344 g/mol. The first kappa shape index (κ1) is 15.3. The second kappa shape index (κ2) is 6.54. The Labute approximate surface area is 126 Å². The summed E-state index contributed by atoms with van der Waals surface area (Å²) in [6.07, 6.45) is 2.09. The molecule has 6 heteroatoms. The van der Waals surface area contributed by atoms with Crippen molar-refractivity contribution in [3.05, 3.63) is 28.0 Å². The molecule has 0 radical (unpaired) electrons. The smallest absolute Gasteiger partial charge is 0.252 e. The molecule has 1 heterocycles. The molecule has 3 N–H and O–H groups in total. The second-order valence-corrected chi connectivity index (χ2v) is 5.78. The molecule has 1 aromatic rings. The van der Waals surface area contributed by atoms with Crippen molar-refractivity contribution < 1.29 is 13.9 Å². The number of nitrogen functional groups attached to an aromatic ring is 1. The van der Waals surface area contributed by atoms with Gasteiger partial charge in [-0.25, -0.2) is 4.39 Å². The van der Waals surface area contributed by atoms with Crippen LogP contribution < -0.4 is 11.1 Å². The van der Waals surface area contributed by atoms with E-state index in [4.69, 9.17) is 10.5 Å². The maximum Gasteiger partial charge on any atom is 0.252 e. The van der Waals surface area contributed by atoms with Crippen molar-refractivity contribution in [2.24, 2.45) is 5.92 Å². The minimum atomic E-state index is -0.538. The first-order valence-corrected chi connectivity index (χ1v) is 7.46. The van der Waals surface area contributed by atoms with Crippen LogP contribution in [0.1, 0.15) is 30.1 Å². The third kappa shape index (κ3) is 3.30. The standard InChI is InChI=1S/C14H18BrFN2O2/c1-2-13-8(3-4-20-13)7-18-14(19)9-5-12(17)11(16)6-10(9)15/h5-6,8,13H,2-4,7,17H2,1H3,(H,18,19). The van der Waals surface area contributed by atoms with E-state index in [1.54, 1.807) is 0 Å². The molecule has 1 saturated heterocycles. The number of amides is 1. The normalized spacial score (nSPS) is 21.9. The molecule has 0 spiro atoms. The van der Waals surface area contributed by atoms with Gasteiger partial charge in [-0.2, -0.15) is 0 Å². The zero-order valence-corrected chi connectivity index (χ0v) is 12.9. The molecule has 1 aromatic carbocycles. The summed E-state index contributed by atoms with van der Waals surface area (Å²) in [7, 11) is 0. The largest absolute Gasteiger partial charge is 0.396 e. The van der Waals surface area contributed by atoms with Crippen molar-refractivity contribution in [3.63, 3.8) is 0 Å². The molecule has 1 aliphatic heterocycles. The first-order chi connectivity index (χ1) is 9.52. The van der Waals surface area contributed by atoms with Crippen LogP contribution >= 0.6 is 15.9 Å². The molecule has 2 unspecified atom stereocenters. The van der Waals surface area contributed by atoms with Gasteiger partial charge in [0.1, 0.15) is 5.82 Å². The fraction of sp³-hybridized carbons (Fsp3) is 0.500. The molecule has 2 atom stereocenters. The van der Waals surface area contributed by atoms with Crippen LogP contribution in [0.3, 0.4) is 0 Å². The summed E-state index contributed by atoms with van der Waals surface area (Å²) in [6.45, 7) is 3.37. The number of hydrogen-bond acceptors (Lipinski definition) is 3. The van der Waals surface area contributed by atoms with Crippen LogP contribution in [-0.4, -0.2) is 25.2 Å². The van der Waals surface area contributed by atoms with Crippen LogP contribution in [0.4, 0.5) is 10.1 Å². The van der Waals surface area contributed by atoms with Crippen molar-refractivity contribution in [2.75, 3.05) is 18.9 Å². The van der Waals surface area contributed by atoms with Crippen LogP contribution in [0, 0.1) is 11.7 Å². The van der Waals surface area contributed by atoms with Gasteiger partial charge in [0, 0.05) is 23.5 Å². The van der Waals surface area contributed by atoms with E-state index in [-0.39, 0.29) is 17.7 Å². The molecule has 0 aliphatic carbocycles. The molecule has 4 nitrogen and oxygen atoms in total. The average molecular weight is 345 g/mol. The SMILES string of the molecule is CCC1OCCC1CNC(=O)c1cc(N)c(F)cc1Br. The fourth-order valence-electron chi connectivity index (χ4n) is 2.44. The summed E-state index contributed by atoms with van der Waals surface area (Å²) in [6, 6.07) is 2.55. The highest BCUT2D eigenvalue weighted by Gasteiger charge is 2.27. The number of halogens is 2. The number of benzene rings is 1. The van der Waals surface area contributed by atoms with Gasteiger partial charge >= 0.3 is 0 Å². The lowest BCUT2D eigenvalue weighted by atomic mass is 9.99. The van der Waals surface area contributed by atoms with Crippen LogP contribution in [0.2, 0.25) is 0 Å². The predicted octanol–water partition coefficient (Wildman–Crippen LogP) is 2.72. The molecule has 0 bridgehead atoms. The number of carbonyl (C=O) groups is 1. The first-order valence-electron chi connectivity index (χ1n) is 6.67. The highest BCUT2D eigenvalue weighted by molar-refractivity contribution is 9.10. The van der Waals surface area contributed by atoms with E-state index in [1.165, 1.54) is 12.1 Å². The maximum atomic E-state index is 13.2. The molecule has 20 heavy (non-hydrogen) atoms. The molecule has 110 valence electrons. The highest BCUT2D eigenvalue weighted by Crippen LogP contribution is 2.24. The van der Waals surface area contributed by atoms with Crippen LogP contribution in [-0.2, 0) is 4.74 Å². The third-order valence-electron chi connectivity index (χ3n) is 3.60. The Hall–Kier alpha value is -1.14. The van der Waals surface area contributed by atoms with E-state index in [0.29, 0.717) is 22.5 Å². The lowest BCUT2D eigenvalue weighted by Crippen LogP contribution is -2.33. The number of nitrogens with one attached hydrogen (secondary N) is 1. The van der Waals surface area contributed by atoms with Gasteiger partial charge in [-0.3, -0.25) is 4.79 Å². The number of rotatable bonds is 4.